The number of hydrogen-bond acceptors (Lipinski definition) is 4. The third-order valence-electron chi connectivity index (χ3n) is 4.55. The first-order valence-electron chi connectivity index (χ1n) is 8.39. The van der Waals surface area contributed by atoms with Gasteiger partial charge in [-0.05, 0) is 19.8 Å². The summed E-state index contributed by atoms with van der Waals surface area (Å²) in [5.41, 5.74) is 1.09. The van der Waals surface area contributed by atoms with Crippen molar-refractivity contribution < 1.29 is 9.59 Å². The number of amides is 2. The molecule has 2 fully saturated rings. The van der Waals surface area contributed by atoms with Crippen molar-refractivity contribution in [1.29, 1.82) is 0 Å². The van der Waals surface area contributed by atoms with Crippen LogP contribution in [0.1, 0.15) is 44.2 Å². The van der Waals surface area contributed by atoms with E-state index in [1.54, 1.807) is 0 Å². The Labute approximate surface area is 141 Å². The minimum absolute atomic E-state index is 0.00240. The van der Waals surface area contributed by atoms with Gasteiger partial charge in [0.15, 0.2) is 0 Å². The van der Waals surface area contributed by atoms with Gasteiger partial charge in [-0.3, -0.25) is 14.3 Å². The lowest BCUT2D eigenvalue weighted by molar-refractivity contribution is -0.138. The van der Waals surface area contributed by atoms with Gasteiger partial charge in [0, 0.05) is 42.8 Å². The summed E-state index contributed by atoms with van der Waals surface area (Å²) >= 11 is 1.87. The van der Waals surface area contributed by atoms with E-state index in [4.69, 9.17) is 0 Å². The molecule has 2 unspecified atom stereocenters. The average molecular weight is 336 g/mol. The zero-order valence-electron chi connectivity index (χ0n) is 13.5. The Kier molecular flexibility index (Phi) is 5.25. The van der Waals surface area contributed by atoms with Crippen LogP contribution in [0, 0.1) is 0 Å². The Morgan fingerprint density at radius 1 is 1.48 bits per heavy atom. The molecule has 0 aromatic carbocycles. The molecule has 3 rings (SSSR count). The summed E-state index contributed by atoms with van der Waals surface area (Å²) in [7, 11) is 0. The van der Waals surface area contributed by atoms with Crippen LogP contribution in [0.3, 0.4) is 0 Å². The normalized spacial score (nSPS) is 25.8. The van der Waals surface area contributed by atoms with Crippen molar-refractivity contribution in [2.45, 2.75) is 51.2 Å². The first kappa shape index (κ1) is 16.4. The fourth-order valence-electron chi connectivity index (χ4n) is 3.23. The largest absolute Gasteiger partial charge is 0.344 e. The highest BCUT2D eigenvalue weighted by Gasteiger charge is 2.34. The van der Waals surface area contributed by atoms with Crippen LogP contribution < -0.4 is 5.32 Å². The maximum Gasteiger partial charge on any atom is 0.245 e. The quantitative estimate of drug-likeness (QED) is 0.910. The van der Waals surface area contributed by atoms with Crippen molar-refractivity contribution in [2.24, 2.45) is 0 Å². The van der Waals surface area contributed by atoms with E-state index in [9.17, 15) is 9.59 Å². The van der Waals surface area contributed by atoms with Crippen LogP contribution in [-0.2, 0) is 16.1 Å². The number of carbonyl (C=O) groups is 2. The van der Waals surface area contributed by atoms with E-state index < -0.39 is 0 Å². The smallest absolute Gasteiger partial charge is 0.245 e. The number of nitrogens with zero attached hydrogens (tertiary/aromatic N) is 3. The van der Waals surface area contributed by atoms with Crippen LogP contribution >= 0.6 is 11.8 Å². The molecular formula is C16H24N4O2S. The van der Waals surface area contributed by atoms with Crippen molar-refractivity contribution in [2.75, 3.05) is 18.1 Å². The summed E-state index contributed by atoms with van der Waals surface area (Å²) in [5.74, 6) is 1.91. The minimum Gasteiger partial charge on any atom is -0.344 e. The van der Waals surface area contributed by atoms with E-state index in [0.29, 0.717) is 6.42 Å². The monoisotopic (exact) mass is 336 g/mol. The lowest BCUT2D eigenvalue weighted by Crippen LogP contribution is -2.51. The topological polar surface area (TPSA) is 67.2 Å². The summed E-state index contributed by atoms with van der Waals surface area (Å²) < 4.78 is 1.89. The summed E-state index contributed by atoms with van der Waals surface area (Å²) in [4.78, 5) is 26.7. The van der Waals surface area contributed by atoms with Gasteiger partial charge in [-0.15, -0.1) is 0 Å². The summed E-state index contributed by atoms with van der Waals surface area (Å²) in [5, 5.41) is 7.25. The second kappa shape index (κ2) is 7.38. The highest BCUT2D eigenvalue weighted by Crippen LogP contribution is 2.30. The molecule has 0 saturated carbocycles. The van der Waals surface area contributed by atoms with Crippen molar-refractivity contribution >= 4 is 23.6 Å². The molecule has 126 valence electrons. The molecule has 2 aliphatic rings. The molecule has 1 N–H and O–H groups in total. The van der Waals surface area contributed by atoms with Crippen molar-refractivity contribution in [3.8, 4) is 0 Å². The van der Waals surface area contributed by atoms with Gasteiger partial charge < -0.3 is 10.2 Å². The Morgan fingerprint density at radius 2 is 2.35 bits per heavy atom. The molecule has 2 aliphatic heterocycles. The van der Waals surface area contributed by atoms with Gasteiger partial charge >= 0.3 is 0 Å². The number of thioether (sulfide) groups is 1. The number of aryl methyl sites for hydroxylation is 1. The van der Waals surface area contributed by atoms with Gasteiger partial charge in [0.2, 0.25) is 11.8 Å². The molecule has 6 nitrogen and oxygen atoms in total. The zero-order chi connectivity index (χ0) is 16.2. The van der Waals surface area contributed by atoms with Crippen LogP contribution in [-0.4, -0.2) is 50.6 Å². The maximum absolute atomic E-state index is 13.0. The van der Waals surface area contributed by atoms with Crippen LogP contribution in [0.25, 0.3) is 0 Å². The molecule has 0 bridgehead atoms. The standard InChI is InChI=1S/C16H24N4O2S/c1-2-19-10-12(9-17-19)14-11-23-8-7-20(14)16(22)13-5-3-4-6-15(21)18-13/h9-10,13-14H,2-8,11H2,1H3,(H,18,21). The molecule has 2 saturated heterocycles. The number of rotatable bonds is 3. The van der Waals surface area contributed by atoms with Crippen LogP contribution in [0.5, 0.6) is 0 Å². The second-order valence-corrected chi connectivity index (χ2v) is 7.27. The molecule has 1 aromatic rings. The first-order chi connectivity index (χ1) is 11.2. The highest BCUT2D eigenvalue weighted by molar-refractivity contribution is 7.99. The summed E-state index contributed by atoms with van der Waals surface area (Å²) in [6.45, 7) is 3.61. The average Bonchev–Trinajstić information content (AvgIpc) is 2.95. The van der Waals surface area contributed by atoms with Crippen LogP contribution in [0.15, 0.2) is 12.4 Å². The predicted molar refractivity (Wildman–Crippen MR) is 90.1 cm³/mol. The molecule has 0 radical (unpaired) electrons. The summed E-state index contributed by atoms with van der Waals surface area (Å²) in [6.07, 6.45) is 6.98. The van der Waals surface area contributed by atoms with Gasteiger partial charge in [-0.1, -0.05) is 6.42 Å². The first-order valence-corrected chi connectivity index (χ1v) is 9.54. The molecule has 3 heterocycles. The number of nitrogens with one attached hydrogen (secondary N) is 1. The maximum atomic E-state index is 13.0. The van der Waals surface area contributed by atoms with E-state index >= 15 is 0 Å². The second-order valence-electron chi connectivity index (χ2n) is 6.12. The predicted octanol–water partition coefficient (Wildman–Crippen LogP) is 1.58. The van der Waals surface area contributed by atoms with Gasteiger partial charge in [-0.2, -0.15) is 16.9 Å². The van der Waals surface area contributed by atoms with E-state index in [0.717, 1.165) is 49.4 Å². The molecule has 2 amide bonds. The Hall–Kier alpha value is -1.50. The van der Waals surface area contributed by atoms with Gasteiger partial charge in [-0.25, -0.2) is 0 Å². The molecule has 7 heteroatoms. The fraction of sp³-hybridized carbons (Fsp3) is 0.688. The number of aromatic nitrogens is 2. The third kappa shape index (κ3) is 3.71. The molecule has 1 aromatic heterocycles. The highest BCUT2D eigenvalue weighted by atomic mass is 32.2. The van der Waals surface area contributed by atoms with E-state index in [1.165, 1.54) is 0 Å². The molecule has 23 heavy (non-hydrogen) atoms. The summed E-state index contributed by atoms with van der Waals surface area (Å²) in [6, 6.07) is -0.307. The van der Waals surface area contributed by atoms with E-state index in [1.807, 2.05) is 33.7 Å². The van der Waals surface area contributed by atoms with E-state index in [2.05, 4.69) is 17.3 Å². The van der Waals surface area contributed by atoms with Crippen molar-refractivity contribution in [3.63, 3.8) is 0 Å². The zero-order valence-corrected chi connectivity index (χ0v) is 14.3. The molecule has 0 aliphatic carbocycles. The van der Waals surface area contributed by atoms with E-state index in [-0.39, 0.29) is 23.9 Å². The SMILES string of the molecule is CCn1cc(C2CSCCN2C(=O)C2CCCCC(=O)N2)cn1. The lowest BCUT2D eigenvalue weighted by atomic mass is 10.1. The number of hydrogen-bond donors (Lipinski definition) is 1. The van der Waals surface area contributed by atoms with Gasteiger partial charge in [0.05, 0.1) is 12.2 Å². The molecular weight excluding hydrogens is 312 g/mol. The lowest BCUT2D eigenvalue weighted by Gasteiger charge is -2.37. The molecule has 2 atom stereocenters. The Morgan fingerprint density at radius 3 is 3.13 bits per heavy atom. The van der Waals surface area contributed by atoms with Gasteiger partial charge in [0.25, 0.3) is 0 Å². The molecule has 0 spiro atoms. The number of carbonyl (C=O) groups excluding carboxylic acids is 2. The van der Waals surface area contributed by atoms with Crippen molar-refractivity contribution in [3.05, 3.63) is 18.0 Å². The van der Waals surface area contributed by atoms with Crippen LogP contribution in [0.4, 0.5) is 0 Å². The van der Waals surface area contributed by atoms with Crippen molar-refractivity contribution in [1.82, 2.24) is 20.0 Å². The third-order valence-corrected chi connectivity index (χ3v) is 5.58. The van der Waals surface area contributed by atoms with Gasteiger partial charge in [0.1, 0.15) is 6.04 Å². The fourth-order valence-corrected chi connectivity index (χ4v) is 4.31. The van der Waals surface area contributed by atoms with Crippen LogP contribution in [0.2, 0.25) is 0 Å². The Bertz CT molecular complexity index is 574. The Balaban J connectivity index is 1.77. The minimum atomic E-state index is -0.364.